The smallest absolute Gasteiger partial charge is 0.254 e. The molecule has 2 heterocycles. The van der Waals surface area contributed by atoms with Crippen molar-refractivity contribution in [3.8, 4) is 6.07 Å². The van der Waals surface area contributed by atoms with Crippen LogP contribution in [0.1, 0.15) is 15.9 Å². The average molecular weight is 284 g/mol. The van der Waals surface area contributed by atoms with Gasteiger partial charge in [-0.3, -0.25) is 14.5 Å². The molecule has 0 unspecified atom stereocenters. The molecule has 1 N–H and O–H groups in total. The van der Waals surface area contributed by atoms with E-state index in [1.807, 2.05) is 6.07 Å². The summed E-state index contributed by atoms with van der Waals surface area (Å²) in [6, 6.07) is 9.05. The summed E-state index contributed by atoms with van der Waals surface area (Å²) in [5.74, 6) is -0.00226. The third kappa shape index (κ3) is 2.73. The van der Waals surface area contributed by atoms with Gasteiger partial charge >= 0.3 is 0 Å². The maximum absolute atomic E-state index is 12.3. The van der Waals surface area contributed by atoms with Gasteiger partial charge in [-0.2, -0.15) is 5.26 Å². The lowest BCUT2D eigenvalue weighted by atomic mass is 10.0. The lowest BCUT2D eigenvalue weighted by molar-refractivity contribution is -0.126. The van der Waals surface area contributed by atoms with Crippen LogP contribution in [-0.2, 0) is 4.79 Å². The van der Waals surface area contributed by atoms with Gasteiger partial charge in [0.25, 0.3) is 5.91 Å². The van der Waals surface area contributed by atoms with E-state index in [2.05, 4.69) is 10.2 Å². The Morgan fingerprint density at radius 2 is 2.19 bits per heavy atom. The summed E-state index contributed by atoms with van der Waals surface area (Å²) in [6.07, 6.45) is 0. The molecule has 6 heteroatoms. The van der Waals surface area contributed by atoms with Gasteiger partial charge in [-0.1, -0.05) is 6.07 Å². The molecule has 0 atom stereocenters. The van der Waals surface area contributed by atoms with Crippen molar-refractivity contribution in [1.29, 1.82) is 5.26 Å². The van der Waals surface area contributed by atoms with E-state index in [-0.39, 0.29) is 17.9 Å². The molecule has 1 aromatic rings. The predicted molar refractivity (Wildman–Crippen MR) is 75.4 cm³/mol. The molecule has 21 heavy (non-hydrogen) atoms. The van der Waals surface area contributed by atoms with Gasteiger partial charge in [0.15, 0.2) is 0 Å². The molecular formula is C15H16N4O2. The Balaban J connectivity index is 1.59. The summed E-state index contributed by atoms with van der Waals surface area (Å²) in [4.78, 5) is 27.5. The van der Waals surface area contributed by atoms with E-state index >= 15 is 0 Å². The first-order chi connectivity index (χ1) is 10.2. The molecule has 108 valence electrons. The third-order valence-electron chi connectivity index (χ3n) is 3.97. The summed E-state index contributed by atoms with van der Waals surface area (Å²) < 4.78 is 0. The Labute approximate surface area is 122 Å². The Morgan fingerprint density at radius 1 is 1.38 bits per heavy atom. The number of benzene rings is 1. The Hall–Kier alpha value is -2.39. The second kappa shape index (κ2) is 5.54. The normalized spacial score (nSPS) is 19.6. The molecule has 6 nitrogen and oxygen atoms in total. The number of hydrogen-bond acceptors (Lipinski definition) is 4. The van der Waals surface area contributed by atoms with Gasteiger partial charge in [0.1, 0.15) is 0 Å². The highest BCUT2D eigenvalue weighted by Crippen LogP contribution is 2.19. The van der Waals surface area contributed by atoms with Crippen LogP contribution in [0.3, 0.4) is 0 Å². The van der Waals surface area contributed by atoms with Crippen LogP contribution in [0.15, 0.2) is 24.3 Å². The van der Waals surface area contributed by atoms with Crippen molar-refractivity contribution >= 4 is 11.8 Å². The zero-order valence-electron chi connectivity index (χ0n) is 11.6. The number of carbonyl (C=O) groups is 2. The molecule has 2 amide bonds. The van der Waals surface area contributed by atoms with Crippen LogP contribution < -0.4 is 5.32 Å². The van der Waals surface area contributed by atoms with E-state index in [0.717, 1.165) is 6.54 Å². The van der Waals surface area contributed by atoms with Crippen LogP contribution >= 0.6 is 0 Å². The van der Waals surface area contributed by atoms with E-state index in [0.29, 0.717) is 37.3 Å². The van der Waals surface area contributed by atoms with Gasteiger partial charge in [-0.15, -0.1) is 0 Å². The molecule has 2 aliphatic heterocycles. The van der Waals surface area contributed by atoms with E-state index < -0.39 is 0 Å². The highest BCUT2D eigenvalue weighted by molar-refractivity contribution is 5.95. The largest absolute Gasteiger partial charge is 0.354 e. The van der Waals surface area contributed by atoms with Crippen molar-refractivity contribution in [2.45, 2.75) is 6.04 Å². The summed E-state index contributed by atoms with van der Waals surface area (Å²) in [5.41, 5.74) is 1.04. The van der Waals surface area contributed by atoms with Crippen LogP contribution in [-0.4, -0.2) is 60.4 Å². The first kappa shape index (κ1) is 13.6. The number of amides is 2. The summed E-state index contributed by atoms with van der Waals surface area (Å²) in [6.45, 7) is 3.21. The van der Waals surface area contributed by atoms with Gasteiger partial charge in [0, 0.05) is 37.8 Å². The van der Waals surface area contributed by atoms with Gasteiger partial charge < -0.3 is 10.2 Å². The Kier molecular flexibility index (Phi) is 3.59. The van der Waals surface area contributed by atoms with Crippen molar-refractivity contribution in [3.63, 3.8) is 0 Å². The predicted octanol–water partition coefficient (Wildman–Crippen LogP) is -0.186. The number of rotatable bonds is 2. The molecule has 2 aliphatic rings. The van der Waals surface area contributed by atoms with Gasteiger partial charge in [0.2, 0.25) is 5.91 Å². The molecule has 0 bridgehead atoms. The van der Waals surface area contributed by atoms with E-state index in [1.165, 1.54) is 0 Å². The standard InChI is InChI=1S/C15H16N4O2/c16-7-11-2-1-3-12(6-11)15(21)19-8-13(9-19)18-5-4-17-14(20)10-18/h1-3,6,13H,4-5,8-10H2,(H,17,20). The zero-order chi connectivity index (χ0) is 14.8. The lowest BCUT2D eigenvalue weighted by Gasteiger charge is -2.46. The number of hydrogen-bond donors (Lipinski definition) is 1. The Morgan fingerprint density at radius 3 is 2.90 bits per heavy atom. The lowest BCUT2D eigenvalue weighted by Crippen LogP contribution is -2.64. The second-order valence-corrected chi connectivity index (χ2v) is 5.38. The molecular weight excluding hydrogens is 268 g/mol. The topological polar surface area (TPSA) is 76.4 Å². The van der Waals surface area contributed by atoms with Crippen molar-refractivity contribution in [2.24, 2.45) is 0 Å². The zero-order valence-corrected chi connectivity index (χ0v) is 11.6. The van der Waals surface area contributed by atoms with Crippen molar-refractivity contribution in [3.05, 3.63) is 35.4 Å². The van der Waals surface area contributed by atoms with Crippen LogP contribution in [0.4, 0.5) is 0 Å². The highest BCUT2D eigenvalue weighted by atomic mass is 16.2. The molecule has 0 saturated carbocycles. The maximum Gasteiger partial charge on any atom is 0.254 e. The molecule has 3 rings (SSSR count). The van der Waals surface area contributed by atoms with Crippen LogP contribution in [0.2, 0.25) is 0 Å². The monoisotopic (exact) mass is 284 g/mol. The molecule has 1 aromatic carbocycles. The number of nitriles is 1. The average Bonchev–Trinajstić information content (AvgIpc) is 2.46. The molecule has 0 spiro atoms. The minimum Gasteiger partial charge on any atom is -0.354 e. The van der Waals surface area contributed by atoms with Crippen LogP contribution in [0, 0.1) is 11.3 Å². The number of nitrogens with one attached hydrogen (secondary N) is 1. The Bertz CT molecular complexity index is 616. The van der Waals surface area contributed by atoms with E-state index in [4.69, 9.17) is 5.26 Å². The highest BCUT2D eigenvalue weighted by Gasteiger charge is 2.36. The molecule has 2 fully saturated rings. The fourth-order valence-electron chi connectivity index (χ4n) is 2.73. The number of likely N-dealkylation sites (tertiary alicyclic amines) is 1. The fraction of sp³-hybridized carbons (Fsp3) is 0.400. The third-order valence-corrected chi connectivity index (χ3v) is 3.97. The summed E-state index contributed by atoms with van der Waals surface area (Å²) >= 11 is 0. The van der Waals surface area contributed by atoms with Gasteiger partial charge in [-0.25, -0.2) is 0 Å². The van der Waals surface area contributed by atoms with Crippen molar-refractivity contribution in [2.75, 3.05) is 32.7 Å². The molecule has 0 aliphatic carbocycles. The molecule has 0 aromatic heterocycles. The second-order valence-electron chi connectivity index (χ2n) is 5.38. The maximum atomic E-state index is 12.3. The number of piperazine rings is 1. The fourth-order valence-corrected chi connectivity index (χ4v) is 2.73. The van der Waals surface area contributed by atoms with Gasteiger partial charge in [0.05, 0.1) is 18.2 Å². The first-order valence-electron chi connectivity index (χ1n) is 6.97. The van der Waals surface area contributed by atoms with E-state index in [9.17, 15) is 9.59 Å². The minimum absolute atomic E-state index is 0.0488. The number of nitrogens with zero attached hydrogens (tertiary/aromatic N) is 3. The van der Waals surface area contributed by atoms with Crippen LogP contribution in [0.5, 0.6) is 0 Å². The molecule has 0 radical (unpaired) electrons. The number of carbonyl (C=O) groups excluding carboxylic acids is 2. The van der Waals surface area contributed by atoms with Crippen molar-refractivity contribution in [1.82, 2.24) is 15.1 Å². The summed E-state index contributed by atoms with van der Waals surface area (Å²) in [7, 11) is 0. The summed E-state index contributed by atoms with van der Waals surface area (Å²) in [5, 5.41) is 11.7. The van der Waals surface area contributed by atoms with Gasteiger partial charge in [-0.05, 0) is 18.2 Å². The minimum atomic E-state index is -0.0511. The van der Waals surface area contributed by atoms with E-state index in [1.54, 1.807) is 29.2 Å². The first-order valence-corrected chi connectivity index (χ1v) is 6.97. The van der Waals surface area contributed by atoms with Crippen LogP contribution in [0.25, 0.3) is 0 Å². The quantitative estimate of drug-likeness (QED) is 0.817. The SMILES string of the molecule is N#Cc1cccc(C(=O)N2CC(N3CCNC(=O)C3)C2)c1. The van der Waals surface area contributed by atoms with Crippen molar-refractivity contribution < 1.29 is 9.59 Å². The molecule has 2 saturated heterocycles.